The molecule has 3 heterocycles. The molecule has 2 atom stereocenters. The third-order valence-corrected chi connectivity index (χ3v) is 5.94. The van der Waals surface area contributed by atoms with Gasteiger partial charge in [0.05, 0.1) is 12.8 Å². The van der Waals surface area contributed by atoms with Crippen LogP contribution in [0.1, 0.15) is 23.8 Å². The molecule has 10 nitrogen and oxygen atoms in total. The number of benzene rings is 1. The van der Waals surface area contributed by atoms with E-state index in [1.54, 1.807) is 31.4 Å². The number of carbonyl (C=O) groups is 1. The number of rotatable bonds is 8. The first-order valence-corrected chi connectivity index (χ1v) is 11.0. The van der Waals surface area contributed by atoms with Crippen LogP contribution in [0.5, 0.6) is 5.75 Å². The van der Waals surface area contributed by atoms with Gasteiger partial charge in [0.25, 0.3) is 5.91 Å². The standard InChI is InChI=1S/C21H25N7O3S/c1-13-4-9-17(25-24-13)28-11-10-15(12-28)22-20-26-27-21(32-20)23-19(29)18(31-3)14-5-7-16(30-2)8-6-14/h4-9,15,18H,10-12H2,1-3H3,(H,22,26)(H,23,27,29)/t15-,18?/m1/s1. The highest BCUT2D eigenvalue weighted by molar-refractivity contribution is 7.19. The molecule has 2 aromatic heterocycles. The molecule has 1 aliphatic heterocycles. The molecule has 32 heavy (non-hydrogen) atoms. The second kappa shape index (κ2) is 9.88. The normalized spacial score (nSPS) is 16.6. The third kappa shape index (κ3) is 5.11. The minimum Gasteiger partial charge on any atom is -0.497 e. The molecule has 2 N–H and O–H groups in total. The maximum absolute atomic E-state index is 12.7. The number of ether oxygens (including phenoxy) is 2. The Morgan fingerprint density at radius 1 is 1.09 bits per heavy atom. The van der Waals surface area contributed by atoms with E-state index in [0.29, 0.717) is 16.0 Å². The Morgan fingerprint density at radius 2 is 1.88 bits per heavy atom. The van der Waals surface area contributed by atoms with E-state index in [9.17, 15) is 4.79 Å². The number of aryl methyl sites for hydroxylation is 1. The van der Waals surface area contributed by atoms with Gasteiger partial charge in [-0.15, -0.1) is 15.3 Å². The molecule has 1 amide bonds. The number of methoxy groups -OCH3 is 2. The molecule has 3 aromatic rings. The Balaban J connectivity index is 1.33. The summed E-state index contributed by atoms with van der Waals surface area (Å²) in [6, 6.07) is 11.3. The van der Waals surface area contributed by atoms with Gasteiger partial charge in [0, 0.05) is 26.2 Å². The number of nitrogens with zero attached hydrogens (tertiary/aromatic N) is 5. The van der Waals surface area contributed by atoms with Crippen LogP contribution in [0.3, 0.4) is 0 Å². The maximum atomic E-state index is 12.7. The first-order chi connectivity index (χ1) is 15.6. The Bertz CT molecular complexity index is 1040. The summed E-state index contributed by atoms with van der Waals surface area (Å²) in [7, 11) is 3.09. The molecule has 168 valence electrons. The zero-order valence-corrected chi connectivity index (χ0v) is 18.9. The van der Waals surface area contributed by atoms with Crippen molar-refractivity contribution >= 4 is 33.3 Å². The highest BCUT2D eigenvalue weighted by Gasteiger charge is 2.25. The van der Waals surface area contributed by atoms with Crippen LogP contribution in [-0.2, 0) is 9.53 Å². The lowest BCUT2D eigenvalue weighted by Gasteiger charge is -2.17. The molecular formula is C21H25N7O3S. The van der Waals surface area contributed by atoms with E-state index in [1.165, 1.54) is 18.4 Å². The molecule has 0 bridgehead atoms. The summed E-state index contributed by atoms with van der Waals surface area (Å²) >= 11 is 1.29. The average molecular weight is 456 g/mol. The van der Waals surface area contributed by atoms with Gasteiger partial charge in [0.1, 0.15) is 5.75 Å². The summed E-state index contributed by atoms with van der Waals surface area (Å²) in [5.41, 5.74) is 1.62. The van der Waals surface area contributed by atoms with Gasteiger partial charge in [0.15, 0.2) is 11.9 Å². The quantitative estimate of drug-likeness (QED) is 0.529. The summed E-state index contributed by atoms with van der Waals surface area (Å²) in [5.74, 6) is 1.27. The topological polar surface area (TPSA) is 114 Å². The van der Waals surface area contributed by atoms with E-state index in [-0.39, 0.29) is 11.9 Å². The Kier molecular flexibility index (Phi) is 6.76. The molecule has 11 heteroatoms. The molecule has 0 spiro atoms. The number of nitrogens with one attached hydrogen (secondary N) is 2. The SMILES string of the molecule is COc1ccc(C(OC)C(=O)Nc2nnc(N[C@@H]3CCN(c4ccc(C)nn4)C3)s2)cc1. The molecule has 0 saturated carbocycles. The largest absolute Gasteiger partial charge is 0.497 e. The lowest BCUT2D eigenvalue weighted by molar-refractivity contribution is -0.126. The van der Waals surface area contributed by atoms with E-state index in [1.807, 2.05) is 19.1 Å². The van der Waals surface area contributed by atoms with Gasteiger partial charge < -0.3 is 19.7 Å². The number of carbonyl (C=O) groups excluding carboxylic acids is 1. The van der Waals surface area contributed by atoms with Gasteiger partial charge in [-0.2, -0.15) is 5.10 Å². The first kappa shape index (κ1) is 21.9. The van der Waals surface area contributed by atoms with Crippen molar-refractivity contribution in [2.75, 3.05) is 42.8 Å². The first-order valence-electron chi connectivity index (χ1n) is 10.2. The Morgan fingerprint density at radius 3 is 2.56 bits per heavy atom. The predicted octanol–water partition coefficient (Wildman–Crippen LogP) is 2.66. The minimum atomic E-state index is -0.764. The van der Waals surface area contributed by atoms with Crippen molar-refractivity contribution in [3.05, 3.63) is 47.7 Å². The van der Waals surface area contributed by atoms with E-state index in [0.717, 1.165) is 36.6 Å². The maximum Gasteiger partial charge on any atom is 0.259 e. The second-order valence-corrected chi connectivity index (χ2v) is 8.38. The number of hydrogen-bond donors (Lipinski definition) is 2. The van der Waals surface area contributed by atoms with Crippen LogP contribution in [0.2, 0.25) is 0 Å². The number of amides is 1. The van der Waals surface area contributed by atoms with E-state index in [4.69, 9.17) is 9.47 Å². The summed E-state index contributed by atoms with van der Waals surface area (Å²) in [5, 5.41) is 23.9. The molecule has 0 aliphatic carbocycles. The van der Waals surface area contributed by atoms with Gasteiger partial charge in [-0.25, -0.2) is 0 Å². The van der Waals surface area contributed by atoms with E-state index < -0.39 is 6.10 Å². The third-order valence-electron chi connectivity index (χ3n) is 5.17. The summed E-state index contributed by atoms with van der Waals surface area (Å²) in [6.45, 7) is 3.60. The van der Waals surface area contributed by atoms with Crippen LogP contribution >= 0.6 is 11.3 Å². The molecule has 4 rings (SSSR count). The molecule has 1 saturated heterocycles. The summed E-state index contributed by atoms with van der Waals surface area (Å²) in [6.07, 6.45) is 0.181. The second-order valence-electron chi connectivity index (χ2n) is 7.40. The monoisotopic (exact) mass is 455 g/mol. The lowest BCUT2D eigenvalue weighted by Crippen LogP contribution is -2.26. The molecule has 1 unspecified atom stereocenters. The van der Waals surface area contributed by atoms with Crippen LogP contribution < -0.4 is 20.3 Å². The zero-order valence-electron chi connectivity index (χ0n) is 18.1. The summed E-state index contributed by atoms with van der Waals surface area (Å²) < 4.78 is 10.5. The van der Waals surface area contributed by atoms with Gasteiger partial charge in [-0.1, -0.05) is 23.5 Å². The highest BCUT2D eigenvalue weighted by atomic mass is 32.1. The lowest BCUT2D eigenvalue weighted by atomic mass is 10.1. The molecule has 1 aliphatic rings. The van der Waals surface area contributed by atoms with Crippen LogP contribution in [-0.4, -0.2) is 59.7 Å². The van der Waals surface area contributed by atoms with Crippen molar-refractivity contribution < 1.29 is 14.3 Å². The van der Waals surface area contributed by atoms with Crippen LogP contribution in [0.15, 0.2) is 36.4 Å². The van der Waals surface area contributed by atoms with Gasteiger partial charge in [0.2, 0.25) is 10.3 Å². The fourth-order valence-corrected chi connectivity index (χ4v) is 4.22. The smallest absolute Gasteiger partial charge is 0.259 e. The minimum absolute atomic E-state index is 0.209. The Hall–Kier alpha value is -3.31. The molecule has 1 fully saturated rings. The number of aromatic nitrogens is 4. The zero-order chi connectivity index (χ0) is 22.5. The average Bonchev–Trinajstić information content (AvgIpc) is 3.45. The van der Waals surface area contributed by atoms with E-state index in [2.05, 4.69) is 35.9 Å². The van der Waals surface area contributed by atoms with Crippen molar-refractivity contribution in [2.45, 2.75) is 25.5 Å². The van der Waals surface area contributed by atoms with Crippen LogP contribution in [0.25, 0.3) is 0 Å². The number of anilines is 3. The fourth-order valence-electron chi connectivity index (χ4n) is 3.50. The molecular weight excluding hydrogens is 430 g/mol. The molecule has 1 aromatic carbocycles. The van der Waals surface area contributed by atoms with Crippen molar-refractivity contribution in [1.29, 1.82) is 0 Å². The van der Waals surface area contributed by atoms with Gasteiger partial charge in [-0.3, -0.25) is 10.1 Å². The Labute approximate surface area is 190 Å². The van der Waals surface area contributed by atoms with Crippen LogP contribution in [0.4, 0.5) is 16.1 Å². The summed E-state index contributed by atoms with van der Waals surface area (Å²) in [4.78, 5) is 14.9. The van der Waals surface area contributed by atoms with Crippen molar-refractivity contribution in [2.24, 2.45) is 0 Å². The van der Waals surface area contributed by atoms with Crippen molar-refractivity contribution in [3.8, 4) is 5.75 Å². The van der Waals surface area contributed by atoms with Gasteiger partial charge in [-0.05, 0) is 43.2 Å². The van der Waals surface area contributed by atoms with Crippen LogP contribution in [0, 0.1) is 6.92 Å². The number of hydrogen-bond acceptors (Lipinski definition) is 10. The van der Waals surface area contributed by atoms with Crippen molar-refractivity contribution in [1.82, 2.24) is 20.4 Å². The molecule has 0 radical (unpaired) electrons. The predicted molar refractivity (Wildman–Crippen MR) is 122 cm³/mol. The van der Waals surface area contributed by atoms with E-state index >= 15 is 0 Å². The van der Waals surface area contributed by atoms with Gasteiger partial charge >= 0.3 is 0 Å². The highest BCUT2D eigenvalue weighted by Crippen LogP contribution is 2.27. The van der Waals surface area contributed by atoms with Crippen molar-refractivity contribution in [3.63, 3.8) is 0 Å². The fraction of sp³-hybridized carbons (Fsp3) is 0.381.